The molecule has 0 radical (unpaired) electrons. The molecule has 2 spiro atoms. The van der Waals surface area contributed by atoms with Crippen molar-refractivity contribution in [3.05, 3.63) is 360 Å². The average Bonchev–Trinajstić information content (AvgIpc) is 1.56. The van der Waals surface area contributed by atoms with Crippen LogP contribution in [0, 0.1) is 0 Å². The minimum Gasteiger partial charge on any atom is -0.456 e. The van der Waals surface area contributed by atoms with Crippen LogP contribution in [-0.2, 0) is 10.8 Å². The van der Waals surface area contributed by atoms with Gasteiger partial charge in [0, 0.05) is 56.3 Å². The fourth-order valence-corrected chi connectivity index (χ4v) is 18.1. The van der Waals surface area contributed by atoms with E-state index in [2.05, 4.69) is 330 Å². The molecule has 6 aliphatic rings. The molecule has 14 aromatic carbocycles. The van der Waals surface area contributed by atoms with Gasteiger partial charge in [-0.15, -0.1) is 0 Å². The van der Waals surface area contributed by atoms with Gasteiger partial charge in [0.2, 0.25) is 0 Å². The number of furan rings is 1. The molecule has 4 aliphatic carbocycles. The molecule has 1 aromatic heterocycles. The highest BCUT2D eigenvalue weighted by Gasteiger charge is 2.57. The highest BCUT2D eigenvalue weighted by Crippen LogP contribution is 2.68. The van der Waals surface area contributed by atoms with Crippen LogP contribution in [0.15, 0.2) is 320 Å². The van der Waals surface area contributed by atoms with E-state index in [1.165, 1.54) is 117 Å². The van der Waals surface area contributed by atoms with Crippen LogP contribution in [0.4, 0.5) is 51.2 Å². The minimum absolute atomic E-state index is 0.218. The molecule has 15 aromatic rings. The lowest BCUT2D eigenvalue weighted by molar-refractivity contribution is 0.669. The number of hydrogen-bond acceptors (Lipinski definition) is 4. The molecule has 0 amide bonds. The van der Waals surface area contributed by atoms with Crippen molar-refractivity contribution in [2.75, 3.05) is 14.7 Å². The van der Waals surface area contributed by atoms with Gasteiger partial charge in [0.1, 0.15) is 11.2 Å². The van der Waals surface area contributed by atoms with E-state index in [4.69, 9.17) is 4.42 Å². The van der Waals surface area contributed by atoms with Crippen LogP contribution in [0.5, 0.6) is 0 Å². The van der Waals surface area contributed by atoms with E-state index in [1.54, 1.807) is 0 Å². The Labute approximate surface area is 527 Å². The molecule has 5 heteroatoms. The van der Waals surface area contributed by atoms with Crippen molar-refractivity contribution in [3.8, 4) is 44.5 Å². The second kappa shape index (κ2) is 18.0. The van der Waals surface area contributed by atoms with Gasteiger partial charge >= 0.3 is 0 Å². The van der Waals surface area contributed by atoms with Crippen LogP contribution < -0.4 is 31.1 Å². The van der Waals surface area contributed by atoms with Gasteiger partial charge in [-0.1, -0.05) is 249 Å². The molecule has 0 fully saturated rings. The third kappa shape index (κ3) is 6.11. The van der Waals surface area contributed by atoms with Crippen molar-refractivity contribution in [3.63, 3.8) is 0 Å². The summed E-state index contributed by atoms with van der Waals surface area (Å²) in [5.41, 5.74) is 35.1. The summed E-state index contributed by atoms with van der Waals surface area (Å²) in [5.74, 6) is 0. The normalized spacial score (nSPS) is 14.5. The molecular weight excluding hydrogens is 1100 g/mol. The van der Waals surface area contributed by atoms with E-state index in [0.717, 1.165) is 61.8 Å². The van der Waals surface area contributed by atoms with E-state index >= 15 is 0 Å². The molecule has 0 saturated carbocycles. The number of hydrogen-bond donors (Lipinski definition) is 0. The van der Waals surface area contributed by atoms with Crippen LogP contribution in [-0.4, -0.2) is 6.71 Å². The van der Waals surface area contributed by atoms with Crippen LogP contribution in [0.25, 0.3) is 66.4 Å². The number of fused-ring (bicyclic) bond motifs is 29. The van der Waals surface area contributed by atoms with Gasteiger partial charge in [0.25, 0.3) is 6.71 Å². The fourth-order valence-electron chi connectivity index (χ4n) is 18.1. The van der Waals surface area contributed by atoms with Crippen LogP contribution in [0.2, 0.25) is 0 Å². The Kier molecular flexibility index (Phi) is 9.76. The minimum atomic E-state index is -0.568. The first-order chi connectivity index (χ1) is 45.2. The second-order valence-corrected chi connectivity index (χ2v) is 25.2. The van der Waals surface area contributed by atoms with E-state index in [0.29, 0.717) is 0 Å². The molecule has 3 heterocycles. The molecule has 0 atom stereocenters. The lowest BCUT2D eigenvalue weighted by Crippen LogP contribution is -2.61. The number of nitrogens with zero attached hydrogens (tertiary/aromatic N) is 3. The summed E-state index contributed by atoms with van der Waals surface area (Å²) in [6, 6.07) is 119. The Hall–Kier alpha value is -11.7. The molecule has 21 rings (SSSR count). The fraction of sp³-hybridized carbons (Fsp3) is 0.0233. The lowest BCUT2D eigenvalue weighted by Gasteiger charge is -2.46. The molecule has 4 nitrogen and oxygen atoms in total. The number of anilines is 9. The van der Waals surface area contributed by atoms with Crippen molar-refractivity contribution in [2.45, 2.75) is 10.8 Å². The Balaban J connectivity index is 0.944. The topological polar surface area (TPSA) is 22.9 Å². The molecule has 91 heavy (non-hydrogen) atoms. The third-order valence-corrected chi connectivity index (χ3v) is 21.2. The van der Waals surface area contributed by atoms with Gasteiger partial charge < -0.3 is 19.1 Å². The predicted molar refractivity (Wildman–Crippen MR) is 375 cm³/mol. The maximum Gasteiger partial charge on any atom is 0.252 e. The Morgan fingerprint density at radius 1 is 0.308 bits per heavy atom. The summed E-state index contributed by atoms with van der Waals surface area (Å²) in [4.78, 5) is 7.81. The molecule has 0 unspecified atom stereocenters. The standard InChI is InChI=1S/C86H52BN3O/c1-4-25-53(26-5-1)88(74-44-24-46-78-81(74)63-37-16-23-45-77(63)91-78)56-51-75-82-76(52-56)90(55-29-8-3-9-30-55)84-73(50-48-71-80(84)62-36-15-22-43-69(62)86(71)66-40-19-12-33-59(66)60-34-13-20-41-67(60)86)87(82)72-49-47-70-79(83(72)89(75)54-27-6-2-7-28-54)61-35-14-21-42-68(61)85(70)64-38-17-10-31-57(64)58-32-11-18-39-65(58)85/h1-52H. The molecule has 0 N–H and O–H groups in total. The average molecular weight is 1150 g/mol. The zero-order valence-electron chi connectivity index (χ0n) is 49.3. The number of para-hydroxylation sites is 4. The molecule has 0 saturated heterocycles. The van der Waals surface area contributed by atoms with Crippen molar-refractivity contribution in [1.82, 2.24) is 0 Å². The first-order valence-electron chi connectivity index (χ1n) is 31.8. The summed E-state index contributed by atoms with van der Waals surface area (Å²) in [6.45, 7) is -0.218. The molecule has 0 bridgehead atoms. The molecule has 2 aliphatic heterocycles. The van der Waals surface area contributed by atoms with Gasteiger partial charge in [-0.05, 0) is 161 Å². The maximum atomic E-state index is 6.77. The summed E-state index contributed by atoms with van der Waals surface area (Å²) in [5, 5.41) is 2.14. The lowest BCUT2D eigenvalue weighted by atomic mass is 9.33. The highest BCUT2D eigenvalue weighted by atomic mass is 16.3. The number of benzene rings is 14. The van der Waals surface area contributed by atoms with Gasteiger partial charge in [0.05, 0.1) is 27.6 Å². The van der Waals surface area contributed by atoms with Crippen molar-refractivity contribution in [1.29, 1.82) is 0 Å². The van der Waals surface area contributed by atoms with Gasteiger partial charge in [0.15, 0.2) is 0 Å². The van der Waals surface area contributed by atoms with Crippen molar-refractivity contribution >= 4 is 96.2 Å². The smallest absolute Gasteiger partial charge is 0.252 e. The largest absolute Gasteiger partial charge is 0.456 e. The summed E-state index contributed by atoms with van der Waals surface area (Å²) >= 11 is 0. The summed E-state index contributed by atoms with van der Waals surface area (Å²) in [6.07, 6.45) is 0. The van der Waals surface area contributed by atoms with E-state index in [1.807, 2.05) is 0 Å². The monoisotopic (exact) mass is 1150 g/mol. The van der Waals surface area contributed by atoms with Gasteiger partial charge in [-0.25, -0.2) is 0 Å². The van der Waals surface area contributed by atoms with Crippen LogP contribution >= 0.6 is 0 Å². The van der Waals surface area contributed by atoms with E-state index in [9.17, 15) is 0 Å². The Morgan fingerprint density at radius 2 is 0.692 bits per heavy atom. The molecular formula is C86H52BN3O. The summed E-state index contributed by atoms with van der Waals surface area (Å²) < 4.78 is 6.77. The highest BCUT2D eigenvalue weighted by molar-refractivity contribution is 7.00. The predicted octanol–water partition coefficient (Wildman–Crippen LogP) is 19.8. The quantitative estimate of drug-likeness (QED) is 0.160. The Bertz CT molecular complexity index is 5300. The maximum absolute atomic E-state index is 6.77. The van der Waals surface area contributed by atoms with E-state index in [-0.39, 0.29) is 6.71 Å². The summed E-state index contributed by atoms with van der Waals surface area (Å²) in [7, 11) is 0. The zero-order valence-corrected chi connectivity index (χ0v) is 49.3. The SMILES string of the molecule is c1ccc(N2c3cc(N(c4ccccc4)c4cccc5oc6ccccc6c45)cc4c3B(c3ccc5c(c32)-c2ccccc2C52c3ccccc3-c3ccccc32)c2ccc3c(c2N4c2ccccc2)-c2ccccc2C32c3ccccc3-c3ccccc32)cc1. The number of rotatable bonds is 5. The zero-order chi connectivity index (χ0) is 59.3. The van der Waals surface area contributed by atoms with Crippen molar-refractivity contribution < 1.29 is 4.42 Å². The van der Waals surface area contributed by atoms with Gasteiger partial charge in [-0.2, -0.15) is 0 Å². The van der Waals surface area contributed by atoms with Gasteiger partial charge in [-0.3, -0.25) is 0 Å². The first-order valence-corrected chi connectivity index (χ1v) is 31.8. The van der Waals surface area contributed by atoms with E-state index < -0.39 is 10.8 Å². The van der Waals surface area contributed by atoms with Crippen LogP contribution in [0.3, 0.4) is 0 Å². The molecule has 420 valence electrons. The Morgan fingerprint density at radius 3 is 1.16 bits per heavy atom. The van der Waals surface area contributed by atoms with Crippen LogP contribution in [0.1, 0.15) is 44.5 Å². The first kappa shape index (κ1) is 49.3. The third-order valence-electron chi connectivity index (χ3n) is 21.2. The second-order valence-electron chi connectivity index (χ2n) is 25.2. The van der Waals surface area contributed by atoms with Crippen molar-refractivity contribution in [2.24, 2.45) is 0 Å².